The van der Waals surface area contributed by atoms with E-state index in [1.165, 1.54) is 25.9 Å². The molecule has 2 aromatic heterocycles. The molecule has 0 spiro atoms. The predicted molar refractivity (Wildman–Crippen MR) is 119 cm³/mol. The van der Waals surface area contributed by atoms with E-state index in [-0.39, 0.29) is 30.5 Å². The molecule has 178 valence electrons. The number of nitrogens with zero attached hydrogens (tertiary/aromatic N) is 5. The summed E-state index contributed by atoms with van der Waals surface area (Å²) in [6.45, 7) is 3.91. The molecule has 0 aromatic carbocycles. The maximum Gasteiger partial charge on any atom is 0.249 e. The molecule has 2 N–H and O–H groups in total. The number of anilines is 3. The van der Waals surface area contributed by atoms with E-state index in [1.807, 2.05) is 4.90 Å². The lowest BCUT2D eigenvalue weighted by Crippen LogP contribution is -2.44. The Balaban J connectivity index is 1.19. The minimum atomic E-state index is -2.60. The highest BCUT2D eigenvalue weighted by molar-refractivity contribution is 5.59. The molecule has 33 heavy (non-hydrogen) atoms. The molecule has 2 aliphatic heterocycles. The molecule has 0 radical (unpaired) electrons. The van der Waals surface area contributed by atoms with E-state index in [4.69, 9.17) is 0 Å². The molecule has 10 heteroatoms. The summed E-state index contributed by atoms with van der Waals surface area (Å²) in [5.74, 6) is -1.50. The van der Waals surface area contributed by atoms with E-state index in [1.54, 1.807) is 6.07 Å². The van der Waals surface area contributed by atoms with Crippen molar-refractivity contribution in [1.82, 2.24) is 25.1 Å². The van der Waals surface area contributed by atoms with Crippen molar-refractivity contribution in [1.29, 1.82) is 0 Å². The van der Waals surface area contributed by atoms with Crippen LogP contribution in [0.3, 0.4) is 0 Å². The summed E-state index contributed by atoms with van der Waals surface area (Å²) < 4.78 is 42.0. The summed E-state index contributed by atoms with van der Waals surface area (Å²) >= 11 is 0. The van der Waals surface area contributed by atoms with Gasteiger partial charge < -0.3 is 15.1 Å². The first-order chi connectivity index (χ1) is 15.9. The topological polar surface area (TPSA) is 73.0 Å². The van der Waals surface area contributed by atoms with Crippen LogP contribution >= 0.6 is 0 Å². The molecule has 4 aliphatic rings. The lowest BCUT2D eigenvalue weighted by Gasteiger charge is -2.37. The maximum absolute atomic E-state index is 15.6. The largest absolute Gasteiger partial charge is 0.354 e. The van der Waals surface area contributed by atoms with Crippen LogP contribution in [0.15, 0.2) is 6.07 Å². The molecule has 4 fully saturated rings. The van der Waals surface area contributed by atoms with Crippen LogP contribution in [0.25, 0.3) is 0 Å². The average Bonchev–Trinajstić information content (AvgIpc) is 3.29. The number of aromatic amines is 1. The Bertz CT molecular complexity index is 999. The number of hydrogen-bond donors (Lipinski definition) is 2. The van der Waals surface area contributed by atoms with E-state index >= 15 is 4.39 Å². The number of alkyl halides is 2. The van der Waals surface area contributed by atoms with E-state index < -0.39 is 11.7 Å². The second-order valence-electron chi connectivity index (χ2n) is 10.1. The molecule has 6 rings (SSSR count). The Labute approximate surface area is 191 Å². The van der Waals surface area contributed by atoms with Gasteiger partial charge in [0.15, 0.2) is 17.5 Å². The van der Waals surface area contributed by atoms with Crippen molar-refractivity contribution in [2.24, 2.45) is 0 Å². The number of piperidine rings is 1. The molecule has 2 aromatic rings. The van der Waals surface area contributed by atoms with Crippen molar-refractivity contribution in [3.8, 4) is 0 Å². The number of halogens is 3. The highest BCUT2D eigenvalue weighted by Gasteiger charge is 2.46. The third-order valence-corrected chi connectivity index (χ3v) is 7.59. The molecule has 0 amide bonds. The van der Waals surface area contributed by atoms with Gasteiger partial charge in [-0.15, -0.1) is 0 Å². The normalized spacial score (nSPS) is 24.3. The zero-order valence-corrected chi connectivity index (χ0v) is 18.7. The van der Waals surface area contributed by atoms with Gasteiger partial charge in [0.2, 0.25) is 11.7 Å². The van der Waals surface area contributed by atoms with Gasteiger partial charge in [0, 0.05) is 55.6 Å². The quantitative estimate of drug-likeness (QED) is 0.658. The fraction of sp³-hybridized carbons (Fsp3) is 0.696. The van der Waals surface area contributed by atoms with Crippen LogP contribution in [0.1, 0.15) is 74.7 Å². The molecular formula is C23H30F3N7. The van der Waals surface area contributed by atoms with Crippen LogP contribution in [0, 0.1) is 5.82 Å². The third kappa shape index (κ3) is 4.29. The van der Waals surface area contributed by atoms with E-state index in [0.29, 0.717) is 29.2 Å². The fourth-order valence-electron chi connectivity index (χ4n) is 5.43. The number of nitrogens with one attached hydrogen (secondary N) is 2. The van der Waals surface area contributed by atoms with Crippen molar-refractivity contribution in [2.75, 3.05) is 36.4 Å². The summed E-state index contributed by atoms with van der Waals surface area (Å²) in [5.41, 5.74) is 0.643. The van der Waals surface area contributed by atoms with Crippen molar-refractivity contribution < 1.29 is 13.2 Å². The van der Waals surface area contributed by atoms with Gasteiger partial charge in [-0.2, -0.15) is 9.49 Å². The molecule has 0 unspecified atom stereocenters. The van der Waals surface area contributed by atoms with Crippen LogP contribution in [-0.2, 0) is 0 Å². The number of H-pyrrole nitrogens is 1. The Morgan fingerprint density at radius 2 is 1.70 bits per heavy atom. The minimum absolute atomic E-state index is 0.112. The molecule has 4 heterocycles. The molecule has 2 saturated carbocycles. The SMILES string of the molecule is Fc1c(Nc2cc(C3CC(F)(F)C3)[nH]n2)nc(C2CC2)nc1N1CCC(N2CCCC2)CC1. The van der Waals surface area contributed by atoms with Gasteiger partial charge in [-0.25, -0.2) is 18.7 Å². The first kappa shape index (κ1) is 21.2. The Morgan fingerprint density at radius 3 is 2.36 bits per heavy atom. The Morgan fingerprint density at radius 1 is 0.970 bits per heavy atom. The van der Waals surface area contributed by atoms with Gasteiger partial charge in [-0.1, -0.05) is 0 Å². The van der Waals surface area contributed by atoms with Crippen molar-refractivity contribution in [3.05, 3.63) is 23.4 Å². The monoisotopic (exact) mass is 461 g/mol. The number of hydrogen-bond acceptors (Lipinski definition) is 6. The lowest BCUT2D eigenvalue weighted by atomic mass is 9.79. The third-order valence-electron chi connectivity index (χ3n) is 7.59. The summed E-state index contributed by atoms with van der Waals surface area (Å²) in [4.78, 5) is 13.7. The zero-order chi connectivity index (χ0) is 22.6. The molecule has 0 bridgehead atoms. The van der Waals surface area contributed by atoms with Gasteiger partial charge in [-0.3, -0.25) is 5.10 Å². The molecule has 0 atom stereocenters. The average molecular weight is 462 g/mol. The Hall–Kier alpha value is -2.36. The van der Waals surface area contributed by atoms with E-state index in [0.717, 1.165) is 38.8 Å². The predicted octanol–water partition coefficient (Wildman–Crippen LogP) is 4.54. The van der Waals surface area contributed by atoms with Gasteiger partial charge in [0.05, 0.1) is 0 Å². The molecule has 7 nitrogen and oxygen atoms in total. The number of rotatable bonds is 6. The van der Waals surface area contributed by atoms with Crippen molar-refractivity contribution in [3.63, 3.8) is 0 Å². The standard InChI is InChI=1S/C23H30F3N7/c24-19-21(27-18-11-17(30-31-18)15-12-23(25,26)13-15)28-20(14-3-4-14)29-22(19)33-9-5-16(6-10-33)32-7-1-2-8-32/h11,14-16H,1-10,12-13H2,(H2,27,28,29,30,31). The number of aromatic nitrogens is 4. The van der Waals surface area contributed by atoms with E-state index in [2.05, 4.69) is 30.4 Å². The van der Waals surface area contributed by atoms with Crippen LogP contribution < -0.4 is 10.2 Å². The smallest absolute Gasteiger partial charge is 0.249 e. The summed E-state index contributed by atoms with van der Waals surface area (Å²) in [7, 11) is 0. The highest BCUT2D eigenvalue weighted by Crippen LogP contribution is 2.48. The van der Waals surface area contributed by atoms with Gasteiger partial charge in [-0.05, 0) is 51.6 Å². The molecular weight excluding hydrogens is 431 g/mol. The fourth-order valence-corrected chi connectivity index (χ4v) is 5.43. The summed E-state index contributed by atoms with van der Waals surface area (Å²) in [6.07, 6.45) is 6.25. The van der Waals surface area contributed by atoms with Gasteiger partial charge >= 0.3 is 0 Å². The second kappa shape index (κ2) is 8.14. The van der Waals surface area contributed by atoms with Crippen LogP contribution in [0.4, 0.5) is 30.6 Å². The maximum atomic E-state index is 15.6. The zero-order valence-electron chi connectivity index (χ0n) is 18.7. The second-order valence-corrected chi connectivity index (χ2v) is 10.1. The van der Waals surface area contributed by atoms with Crippen molar-refractivity contribution in [2.45, 2.75) is 75.2 Å². The molecule has 2 aliphatic carbocycles. The van der Waals surface area contributed by atoms with Gasteiger partial charge in [0.1, 0.15) is 5.82 Å². The number of likely N-dealkylation sites (tertiary alicyclic amines) is 1. The molecule has 2 saturated heterocycles. The van der Waals surface area contributed by atoms with E-state index in [9.17, 15) is 8.78 Å². The van der Waals surface area contributed by atoms with Gasteiger partial charge in [0.25, 0.3) is 0 Å². The summed E-state index contributed by atoms with van der Waals surface area (Å²) in [6, 6.07) is 2.26. The van der Waals surface area contributed by atoms with Crippen LogP contribution in [-0.4, -0.2) is 63.2 Å². The Kier molecular flexibility index (Phi) is 5.23. The first-order valence-corrected chi connectivity index (χ1v) is 12.2. The first-order valence-electron chi connectivity index (χ1n) is 12.2. The van der Waals surface area contributed by atoms with Crippen LogP contribution in [0.5, 0.6) is 0 Å². The van der Waals surface area contributed by atoms with Crippen LogP contribution in [0.2, 0.25) is 0 Å². The minimum Gasteiger partial charge on any atom is -0.354 e. The lowest BCUT2D eigenvalue weighted by molar-refractivity contribution is -0.0876. The highest BCUT2D eigenvalue weighted by atomic mass is 19.3. The van der Waals surface area contributed by atoms with Crippen molar-refractivity contribution >= 4 is 17.5 Å². The summed E-state index contributed by atoms with van der Waals surface area (Å²) in [5, 5.41) is 9.96.